The lowest BCUT2D eigenvalue weighted by molar-refractivity contribution is -0.181. The first kappa shape index (κ1) is 22.1. The third kappa shape index (κ3) is 5.11. The summed E-state index contributed by atoms with van der Waals surface area (Å²) < 4.78 is 11.5. The van der Waals surface area contributed by atoms with E-state index in [2.05, 4.69) is 41.4 Å². The molecule has 0 bridgehead atoms. The second-order valence-electron chi connectivity index (χ2n) is 8.51. The number of hydrogen-bond acceptors (Lipinski definition) is 6. The summed E-state index contributed by atoms with van der Waals surface area (Å²) in [6, 6.07) is 20.1. The van der Waals surface area contributed by atoms with E-state index in [9.17, 15) is 4.79 Å². The third-order valence-corrected chi connectivity index (χ3v) is 7.17. The van der Waals surface area contributed by atoms with Crippen molar-refractivity contribution in [3.63, 3.8) is 0 Å². The topological polar surface area (TPSA) is 64.6 Å². The second-order valence-corrected chi connectivity index (χ2v) is 9.51. The molecule has 0 aliphatic carbocycles. The monoisotopic (exact) mass is 461 g/mol. The summed E-state index contributed by atoms with van der Waals surface area (Å²) in [5, 5.41) is 9.61. The zero-order chi connectivity index (χ0) is 22.7. The summed E-state index contributed by atoms with van der Waals surface area (Å²) in [6.45, 7) is 4.67. The number of carbonyl (C=O) groups excluding carboxylic acids is 1. The molecule has 0 unspecified atom stereocenters. The Balaban J connectivity index is 1.18. The van der Waals surface area contributed by atoms with Gasteiger partial charge in [-0.15, -0.1) is 10.2 Å². The molecule has 2 aromatic carbocycles. The second kappa shape index (κ2) is 9.63. The number of ether oxygens (including phenoxy) is 2. The maximum Gasteiger partial charge on any atom is 0.253 e. The summed E-state index contributed by atoms with van der Waals surface area (Å²) in [6.07, 6.45) is 1.46. The number of nitrogens with zero attached hydrogens (tertiary/aromatic N) is 3. The molecule has 0 radical (unpaired) electrons. The van der Waals surface area contributed by atoms with Crippen LogP contribution >= 0.6 is 11.8 Å². The summed E-state index contributed by atoms with van der Waals surface area (Å²) in [5.74, 6) is 0.326. The number of likely N-dealkylation sites (tertiary alicyclic amines) is 1. The first-order chi connectivity index (χ1) is 16.1. The molecule has 6 nitrogen and oxygen atoms in total. The summed E-state index contributed by atoms with van der Waals surface area (Å²) in [7, 11) is 0. The van der Waals surface area contributed by atoms with E-state index in [-0.39, 0.29) is 5.91 Å². The van der Waals surface area contributed by atoms with Crippen molar-refractivity contribution in [3.05, 3.63) is 77.4 Å². The minimum Gasteiger partial charge on any atom is -0.347 e. The molecule has 0 N–H and O–H groups in total. The molecule has 1 amide bonds. The van der Waals surface area contributed by atoms with Crippen molar-refractivity contribution >= 4 is 17.7 Å². The largest absolute Gasteiger partial charge is 0.347 e. The number of carbonyl (C=O) groups is 1. The standard InChI is InChI=1S/C26H27N3O3S/c1-19-5-7-21(8-6-19)23-9-10-24(28-27-23)33-18-20-3-2-4-22(17-20)25(30)29-13-11-26(12-14-29)31-15-16-32-26/h2-10,17H,11-16,18H2,1H3. The molecule has 2 fully saturated rings. The normalized spacial score (nSPS) is 17.4. The fraction of sp³-hybridized carbons (Fsp3) is 0.346. The molecule has 2 aliphatic rings. The average Bonchev–Trinajstić information content (AvgIpc) is 3.32. The first-order valence-electron chi connectivity index (χ1n) is 11.3. The lowest BCUT2D eigenvalue weighted by atomic mass is 10.0. The van der Waals surface area contributed by atoms with E-state index in [0.29, 0.717) is 26.3 Å². The van der Waals surface area contributed by atoms with Crippen LogP contribution in [0.15, 0.2) is 65.7 Å². The predicted octanol–water partition coefficient (Wildman–Crippen LogP) is 4.72. The Morgan fingerprint density at radius 3 is 2.45 bits per heavy atom. The van der Waals surface area contributed by atoms with Gasteiger partial charge in [-0.1, -0.05) is 53.7 Å². The van der Waals surface area contributed by atoms with Crippen molar-refractivity contribution < 1.29 is 14.3 Å². The van der Waals surface area contributed by atoms with Gasteiger partial charge in [0.05, 0.1) is 18.9 Å². The Morgan fingerprint density at radius 1 is 1.00 bits per heavy atom. The molecule has 2 saturated heterocycles. The van der Waals surface area contributed by atoms with Crippen LogP contribution in [0.1, 0.15) is 34.3 Å². The number of rotatable bonds is 5. The smallest absolute Gasteiger partial charge is 0.253 e. The van der Waals surface area contributed by atoms with Gasteiger partial charge in [-0.25, -0.2) is 0 Å². The van der Waals surface area contributed by atoms with Crippen molar-refractivity contribution in [1.29, 1.82) is 0 Å². The van der Waals surface area contributed by atoms with Crippen LogP contribution in [0, 0.1) is 6.92 Å². The van der Waals surface area contributed by atoms with Gasteiger partial charge in [0, 0.05) is 42.8 Å². The van der Waals surface area contributed by atoms with Crippen LogP contribution < -0.4 is 0 Å². The molecule has 3 aromatic rings. The SMILES string of the molecule is Cc1ccc(-c2ccc(SCc3cccc(C(=O)N4CCC5(CC4)OCCO5)c3)nn2)cc1. The van der Waals surface area contributed by atoms with Crippen LogP contribution in [0.5, 0.6) is 0 Å². The number of aryl methyl sites for hydroxylation is 1. The number of piperidine rings is 1. The highest BCUT2D eigenvalue weighted by molar-refractivity contribution is 7.98. The predicted molar refractivity (Wildman–Crippen MR) is 128 cm³/mol. The van der Waals surface area contributed by atoms with Gasteiger partial charge in [0.25, 0.3) is 5.91 Å². The molecule has 5 rings (SSSR count). The van der Waals surface area contributed by atoms with Crippen LogP contribution in [0.3, 0.4) is 0 Å². The molecule has 0 atom stereocenters. The van der Waals surface area contributed by atoms with Crippen molar-refractivity contribution in [2.24, 2.45) is 0 Å². The maximum atomic E-state index is 13.0. The van der Waals surface area contributed by atoms with Crippen molar-refractivity contribution in [2.45, 2.75) is 36.3 Å². The number of benzene rings is 2. The minimum atomic E-state index is -0.467. The molecule has 7 heteroatoms. The van der Waals surface area contributed by atoms with Gasteiger partial charge >= 0.3 is 0 Å². The van der Waals surface area contributed by atoms with E-state index < -0.39 is 5.79 Å². The number of amides is 1. The van der Waals surface area contributed by atoms with Crippen molar-refractivity contribution in [2.75, 3.05) is 26.3 Å². The van der Waals surface area contributed by atoms with Gasteiger partial charge in [-0.05, 0) is 36.8 Å². The Labute approximate surface area is 198 Å². The lowest BCUT2D eigenvalue weighted by Gasteiger charge is -2.37. The molecule has 1 spiro atoms. The van der Waals surface area contributed by atoms with E-state index in [1.165, 1.54) is 5.56 Å². The van der Waals surface area contributed by atoms with Gasteiger partial charge in [-0.3, -0.25) is 4.79 Å². The maximum absolute atomic E-state index is 13.0. The lowest BCUT2D eigenvalue weighted by Crippen LogP contribution is -2.47. The van der Waals surface area contributed by atoms with Gasteiger partial charge in [0.2, 0.25) is 0 Å². The molecule has 3 heterocycles. The van der Waals surface area contributed by atoms with Crippen LogP contribution in [0.4, 0.5) is 0 Å². The van der Waals surface area contributed by atoms with Gasteiger partial charge in [-0.2, -0.15) is 0 Å². The van der Waals surface area contributed by atoms with E-state index in [1.54, 1.807) is 11.8 Å². The fourth-order valence-electron chi connectivity index (χ4n) is 4.25. The van der Waals surface area contributed by atoms with E-state index in [0.717, 1.165) is 46.0 Å². The first-order valence-corrected chi connectivity index (χ1v) is 12.3. The van der Waals surface area contributed by atoms with Crippen LogP contribution in [-0.4, -0.2) is 53.1 Å². The quantitative estimate of drug-likeness (QED) is 0.512. The number of thioether (sulfide) groups is 1. The molecular formula is C26H27N3O3S. The highest BCUT2D eigenvalue weighted by atomic mass is 32.2. The van der Waals surface area contributed by atoms with Crippen LogP contribution in [0.2, 0.25) is 0 Å². The van der Waals surface area contributed by atoms with Crippen molar-refractivity contribution in [1.82, 2.24) is 15.1 Å². The van der Waals surface area contributed by atoms with E-state index >= 15 is 0 Å². The Morgan fingerprint density at radius 2 is 1.76 bits per heavy atom. The molecule has 33 heavy (non-hydrogen) atoms. The van der Waals surface area contributed by atoms with Gasteiger partial charge in [0.1, 0.15) is 5.03 Å². The van der Waals surface area contributed by atoms with Gasteiger partial charge < -0.3 is 14.4 Å². The minimum absolute atomic E-state index is 0.0666. The molecule has 0 saturated carbocycles. The van der Waals surface area contributed by atoms with Crippen molar-refractivity contribution in [3.8, 4) is 11.3 Å². The third-order valence-electron chi connectivity index (χ3n) is 6.17. The molecule has 2 aliphatic heterocycles. The summed E-state index contributed by atoms with van der Waals surface area (Å²) in [4.78, 5) is 14.9. The van der Waals surface area contributed by atoms with Crippen LogP contribution in [0.25, 0.3) is 11.3 Å². The number of aromatic nitrogens is 2. The number of hydrogen-bond donors (Lipinski definition) is 0. The van der Waals surface area contributed by atoms with E-state index in [1.807, 2.05) is 41.3 Å². The highest BCUT2D eigenvalue weighted by Crippen LogP contribution is 2.32. The van der Waals surface area contributed by atoms with Gasteiger partial charge in [0.15, 0.2) is 5.79 Å². The summed E-state index contributed by atoms with van der Waals surface area (Å²) >= 11 is 1.62. The Kier molecular flexibility index (Phi) is 6.44. The van der Waals surface area contributed by atoms with E-state index in [4.69, 9.17) is 9.47 Å². The zero-order valence-electron chi connectivity index (χ0n) is 18.7. The summed E-state index contributed by atoms with van der Waals surface area (Å²) in [5.41, 5.74) is 4.96. The Bertz CT molecular complexity index is 1100. The average molecular weight is 462 g/mol. The van der Waals surface area contributed by atoms with Crippen LogP contribution in [-0.2, 0) is 15.2 Å². The molecule has 1 aromatic heterocycles. The fourth-order valence-corrected chi connectivity index (χ4v) is 5.00. The Hall–Kier alpha value is -2.74. The zero-order valence-corrected chi connectivity index (χ0v) is 19.5. The molecule has 170 valence electrons. The molecular weight excluding hydrogens is 434 g/mol. The highest BCUT2D eigenvalue weighted by Gasteiger charge is 2.40.